The van der Waals surface area contributed by atoms with Gasteiger partial charge in [0, 0.05) is 32.0 Å². The predicted molar refractivity (Wildman–Crippen MR) is 91.4 cm³/mol. The first-order chi connectivity index (χ1) is 12.3. The maximum absolute atomic E-state index is 12.5. The molecule has 1 aromatic heterocycles. The molecule has 1 fully saturated rings. The van der Waals surface area contributed by atoms with E-state index < -0.39 is 0 Å². The quantitative estimate of drug-likeness (QED) is 0.914. The molecule has 0 spiro atoms. The molecule has 4 rings (SSSR count). The van der Waals surface area contributed by atoms with Crippen molar-refractivity contribution in [3.05, 3.63) is 42.2 Å². The number of fused-ring (bicyclic) bond motifs is 1. The van der Waals surface area contributed by atoms with Crippen LogP contribution in [0.3, 0.4) is 0 Å². The Kier molecular flexibility index (Phi) is 4.37. The average Bonchev–Trinajstić information content (AvgIpc) is 3.15. The van der Waals surface area contributed by atoms with Crippen molar-refractivity contribution in [2.75, 3.05) is 24.8 Å². The van der Waals surface area contributed by atoms with Gasteiger partial charge in [-0.15, -0.1) is 0 Å². The lowest BCUT2D eigenvalue weighted by molar-refractivity contribution is -0.125. The van der Waals surface area contributed by atoms with Crippen molar-refractivity contribution in [3.8, 4) is 11.5 Å². The van der Waals surface area contributed by atoms with Crippen LogP contribution < -0.4 is 19.7 Å². The molecule has 130 valence electrons. The highest BCUT2D eigenvalue weighted by Gasteiger charge is 2.27. The topological polar surface area (TPSA) is 76.6 Å². The summed E-state index contributed by atoms with van der Waals surface area (Å²) in [5.41, 5.74) is 0.997. The Morgan fingerprint density at radius 2 is 2.08 bits per heavy atom. The molecule has 0 unspecified atom stereocenters. The van der Waals surface area contributed by atoms with Gasteiger partial charge in [-0.05, 0) is 36.6 Å². The largest absolute Gasteiger partial charge is 0.454 e. The Balaban J connectivity index is 1.34. The van der Waals surface area contributed by atoms with Crippen molar-refractivity contribution in [3.63, 3.8) is 0 Å². The number of benzene rings is 1. The molecule has 1 saturated heterocycles. The smallest absolute Gasteiger partial charge is 0.231 e. The SMILES string of the molecule is O=C(NCc1ccc2c(c1)OCO2)[C@@H]1CCCN(c2ncccn2)C1. The van der Waals surface area contributed by atoms with Gasteiger partial charge in [-0.1, -0.05) is 6.07 Å². The lowest BCUT2D eigenvalue weighted by Gasteiger charge is -2.31. The van der Waals surface area contributed by atoms with Gasteiger partial charge in [0.1, 0.15) is 0 Å². The molecule has 2 aliphatic rings. The molecule has 3 heterocycles. The monoisotopic (exact) mass is 340 g/mol. The molecule has 25 heavy (non-hydrogen) atoms. The number of carbonyl (C=O) groups is 1. The molecule has 1 N–H and O–H groups in total. The third-order valence-electron chi connectivity index (χ3n) is 4.53. The van der Waals surface area contributed by atoms with Gasteiger partial charge in [0.25, 0.3) is 0 Å². The van der Waals surface area contributed by atoms with E-state index in [2.05, 4.69) is 20.2 Å². The fraction of sp³-hybridized carbons (Fsp3) is 0.389. The zero-order valence-corrected chi connectivity index (χ0v) is 13.9. The number of ether oxygens (including phenoxy) is 2. The predicted octanol–water partition coefficient (Wildman–Crippen LogP) is 1.74. The van der Waals surface area contributed by atoms with Gasteiger partial charge in [0.05, 0.1) is 5.92 Å². The molecule has 0 radical (unpaired) electrons. The van der Waals surface area contributed by atoms with Gasteiger partial charge >= 0.3 is 0 Å². The minimum absolute atomic E-state index is 0.0495. The number of anilines is 1. The molecular formula is C18H20N4O3. The Morgan fingerprint density at radius 3 is 2.96 bits per heavy atom. The lowest BCUT2D eigenvalue weighted by Crippen LogP contribution is -2.43. The normalized spacial score (nSPS) is 18.9. The first-order valence-electron chi connectivity index (χ1n) is 8.48. The van der Waals surface area contributed by atoms with Crippen LogP contribution in [0.5, 0.6) is 11.5 Å². The van der Waals surface area contributed by atoms with Gasteiger partial charge in [0.2, 0.25) is 18.6 Å². The first-order valence-corrected chi connectivity index (χ1v) is 8.48. The van der Waals surface area contributed by atoms with E-state index in [0.717, 1.165) is 36.4 Å². The van der Waals surface area contributed by atoms with Crippen LogP contribution in [0.4, 0.5) is 5.95 Å². The fourth-order valence-corrected chi connectivity index (χ4v) is 3.21. The highest BCUT2D eigenvalue weighted by Crippen LogP contribution is 2.32. The van der Waals surface area contributed by atoms with Crippen molar-refractivity contribution in [2.24, 2.45) is 5.92 Å². The minimum atomic E-state index is -0.0495. The van der Waals surface area contributed by atoms with Crippen LogP contribution in [0.15, 0.2) is 36.7 Å². The molecule has 1 aromatic carbocycles. The molecule has 7 nitrogen and oxygen atoms in total. The number of amides is 1. The maximum atomic E-state index is 12.5. The van der Waals surface area contributed by atoms with E-state index in [1.165, 1.54) is 0 Å². The van der Waals surface area contributed by atoms with Crippen LogP contribution in [-0.2, 0) is 11.3 Å². The highest BCUT2D eigenvalue weighted by atomic mass is 16.7. The van der Waals surface area contributed by atoms with E-state index >= 15 is 0 Å². The van der Waals surface area contributed by atoms with Crippen molar-refractivity contribution in [2.45, 2.75) is 19.4 Å². The van der Waals surface area contributed by atoms with Gasteiger partial charge in [-0.25, -0.2) is 9.97 Å². The Hall–Kier alpha value is -2.83. The van der Waals surface area contributed by atoms with Crippen molar-refractivity contribution in [1.82, 2.24) is 15.3 Å². The van der Waals surface area contributed by atoms with Crippen molar-refractivity contribution >= 4 is 11.9 Å². The van der Waals surface area contributed by atoms with E-state index in [4.69, 9.17) is 9.47 Å². The van der Waals surface area contributed by atoms with E-state index in [0.29, 0.717) is 19.0 Å². The van der Waals surface area contributed by atoms with Crippen molar-refractivity contribution in [1.29, 1.82) is 0 Å². The van der Waals surface area contributed by atoms with Gasteiger partial charge < -0.3 is 19.7 Å². The van der Waals surface area contributed by atoms with Crippen LogP contribution in [0.1, 0.15) is 18.4 Å². The maximum Gasteiger partial charge on any atom is 0.231 e. The Labute approximate surface area is 146 Å². The number of piperidine rings is 1. The average molecular weight is 340 g/mol. The third kappa shape index (κ3) is 3.50. The second-order valence-corrected chi connectivity index (χ2v) is 6.24. The molecule has 0 aliphatic carbocycles. The van der Waals surface area contributed by atoms with Gasteiger partial charge in [0.15, 0.2) is 11.5 Å². The number of carbonyl (C=O) groups excluding carboxylic acids is 1. The standard InChI is InChI=1S/C18H20N4O3/c23-17(21-10-13-4-5-15-16(9-13)25-12-24-15)14-3-1-8-22(11-14)18-19-6-2-7-20-18/h2,4-7,9,14H,1,3,8,10-12H2,(H,21,23)/t14-/m1/s1. The molecule has 0 saturated carbocycles. The number of hydrogen-bond donors (Lipinski definition) is 1. The summed E-state index contributed by atoms with van der Waals surface area (Å²) in [4.78, 5) is 23.2. The molecule has 2 aromatic rings. The summed E-state index contributed by atoms with van der Waals surface area (Å²) in [5.74, 6) is 2.19. The number of hydrogen-bond acceptors (Lipinski definition) is 6. The molecule has 2 aliphatic heterocycles. The van der Waals surface area contributed by atoms with Crippen molar-refractivity contribution < 1.29 is 14.3 Å². The lowest BCUT2D eigenvalue weighted by atomic mass is 9.97. The third-order valence-corrected chi connectivity index (χ3v) is 4.53. The molecule has 1 amide bonds. The zero-order chi connectivity index (χ0) is 17.1. The van der Waals surface area contributed by atoms with Crippen LogP contribution in [0.25, 0.3) is 0 Å². The molecule has 0 bridgehead atoms. The first kappa shape index (κ1) is 15.7. The summed E-state index contributed by atoms with van der Waals surface area (Å²) in [6, 6.07) is 7.52. The number of rotatable bonds is 4. The van der Waals surface area contributed by atoms with Crippen LogP contribution in [0, 0.1) is 5.92 Å². The molecular weight excluding hydrogens is 320 g/mol. The highest BCUT2D eigenvalue weighted by molar-refractivity contribution is 5.79. The summed E-state index contributed by atoms with van der Waals surface area (Å²) in [7, 11) is 0. The number of nitrogens with zero attached hydrogens (tertiary/aromatic N) is 3. The summed E-state index contributed by atoms with van der Waals surface area (Å²) in [6.45, 7) is 2.27. The summed E-state index contributed by atoms with van der Waals surface area (Å²) in [6.07, 6.45) is 5.30. The summed E-state index contributed by atoms with van der Waals surface area (Å²) in [5, 5.41) is 3.03. The van der Waals surface area contributed by atoms with E-state index in [9.17, 15) is 4.79 Å². The van der Waals surface area contributed by atoms with Gasteiger partial charge in [-0.3, -0.25) is 4.79 Å². The Morgan fingerprint density at radius 1 is 1.24 bits per heavy atom. The second kappa shape index (κ2) is 6.96. The Bertz CT molecular complexity index is 753. The molecule has 7 heteroatoms. The second-order valence-electron chi connectivity index (χ2n) is 6.24. The van der Waals surface area contributed by atoms with E-state index in [-0.39, 0.29) is 18.6 Å². The van der Waals surface area contributed by atoms with E-state index in [1.807, 2.05) is 18.2 Å². The minimum Gasteiger partial charge on any atom is -0.454 e. The number of nitrogens with one attached hydrogen (secondary N) is 1. The van der Waals surface area contributed by atoms with Gasteiger partial charge in [-0.2, -0.15) is 0 Å². The fourth-order valence-electron chi connectivity index (χ4n) is 3.21. The van der Waals surface area contributed by atoms with Crippen LogP contribution in [0.2, 0.25) is 0 Å². The van der Waals surface area contributed by atoms with Crippen LogP contribution in [-0.4, -0.2) is 35.8 Å². The number of aromatic nitrogens is 2. The van der Waals surface area contributed by atoms with E-state index in [1.54, 1.807) is 18.5 Å². The molecule has 1 atom stereocenters. The zero-order valence-electron chi connectivity index (χ0n) is 13.9. The summed E-state index contributed by atoms with van der Waals surface area (Å²) >= 11 is 0. The summed E-state index contributed by atoms with van der Waals surface area (Å²) < 4.78 is 10.7. The van der Waals surface area contributed by atoms with Crippen LogP contribution >= 0.6 is 0 Å².